The third kappa shape index (κ3) is 31.0. The SMILES string of the molecule is CC(C)(C)OC(=O)NCCNc1cncnc1N.CC(C)(O/N=C(\C(=O)C[C@@H]1C(=O)N2C(C(=O)[O-])=C(/C=C/C[n+]3cnc(N)c(NCC[NH3+])c3)CSC12)c1nsc(N)n1)C(=O)O.COc1ccc(COC(=O)C2=C(/C=C/CI)CSC3[C@H](CC(=O)/C(=N\OC(C)(C)C(=O)OC(C)(C)C)c4nsc(C)n4)C(=O)N23)cc1.C[B]I.O=C([O-])C(F)(F)F.[CH3-]. The molecule has 48 heteroatoms. The standard InChI is InChI=1S/C32H37IN4O8S2.C25H30N10O7S2.C11H19N5O2.C2HF3O2.CH3BI.CH3/c1-18-34-26(36-47-18)24(35-45-32(5,6)30(41)44-31(2,3)4)23(38)15-22-27(39)37-25(20(9-8-14-33)17-46-28(22)37)29(40)43-16-19-10-12-21(42-7)13-11-19;1-25(2,23(40)41)42-32-16(19-31-24(28)44-33-19)15(36)8-13-20(37)35-17(22(38)39)12(10-43-21(13)35)4-3-7-34-9-14(29-6-5-26)18(27)30-11-34;1-11(2,3)18-10(17)15-5-4-14-8-6-13-7-16-9(8)12;3-2(4,5)1(6)7;1-2-3;/h8-13,22,28H,14-17H2,1-7H3;3-4,9,11,13,21,27,29H,5-8,10,26H2,1-2H3,(H4,28,31,33,38,39,40,41);6-7,14H,4-5H2,1-3H3,(H,15,17)(H2,12,13,16);(H,6,7);1H3;1H3/q;;;;;-1/b9-8+,35-24+;4-3+,32-16+;;;;/t22-,28?;13-,21?;;;;/m11..../s1. The molecule has 4 aliphatic rings. The lowest BCUT2D eigenvalue weighted by atomic mass is 9.89. The number of hydrogen-bond acceptors (Lipinski definition) is 36. The van der Waals surface area contributed by atoms with Crippen LogP contribution in [-0.4, -0.2) is 213 Å². The van der Waals surface area contributed by atoms with Crippen LogP contribution in [0.4, 0.5) is 46.1 Å². The van der Waals surface area contributed by atoms with Gasteiger partial charge in [-0.25, -0.2) is 38.7 Å². The molecule has 13 N–H and O–H groups in total. The molecule has 2 unspecified atom stereocenters. The number of aromatic nitrogens is 8. The summed E-state index contributed by atoms with van der Waals surface area (Å²) in [5.41, 5.74) is 18.7. The number of methoxy groups -OCH3 is 1. The number of alkyl carbamates (subject to hydrolysis) is 1. The molecule has 4 aliphatic heterocycles. The minimum absolute atomic E-state index is 0. The topological polar surface area (TPSA) is 560 Å². The van der Waals surface area contributed by atoms with Crippen LogP contribution in [0.1, 0.15) is 104 Å². The third-order valence-corrected chi connectivity index (χ3v) is 19.9. The van der Waals surface area contributed by atoms with Crippen molar-refractivity contribution in [3.8, 4) is 5.75 Å². The van der Waals surface area contributed by atoms with Gasteiger partial charge in [-0.15, -0.1) is 23.5 Å². The van der Waals surface area contributed by atoms with E-state index < -0.39 is 110 Å². The van der Waals surface area contributed by atoms with Crippen LogP contribution in [0, 0.1) is 26.2 Å². The van der Waals surface area contributed by atoms with Gasteiger partial charge in [-0.2, -0.15) is 49.3 Å². The van der Waals surface area contributed by atoms with Gasteiger partial charge in [0.05, 0.1) is 66.3 Å². The van der Waals surface area contributed by atoms with Gasteiger partial charge >= 0.3 is 30.2 Å². The molecule has 1 aromatic carbocycles. The van der Waals surface area contributed by atoms with Gasteiger partial charge in [0.2, 0.25) is 28.8 Å². The van der Waals surface area contributed by atoms with E-state index in [2.05, 4.69) is 111 Å². The highest BCUT2D eigenvalue weighted by atomic mass is 127. The van der Waals surface area contributed by atoms with Crippen molar-refractivity contribution in [1.29, 1.82) is 0 Å². The van der Waals surface area contributed by atoms with E-state index in [0.29, 0.717) is 87.8 Å². The number of nitrogens with two attached hydrogens (primary N) is 3. The van der Waals surface area contributed by atoms with E-state index >= 15 is 0 Å². The predicted molar refractivity (Wildman–Crippen MR) is 455 cm³/mol. The number of fused-ring (bicyclic) bond motifs is 2. The number of oxime groups is 2. The smallest absolute Gasteiger partial charge is 0.430 e. The third-order valence-electron chi connectivity index (χ3n) is 15.5. The van der Waals surface area contributed by atoms with Crippen LogP contribution in [0.5, 0.6) is 5.75 Å². The average molecular weight is 1980 g/mol. The maximum Gasteiger partial charge on any atom is 0.430 e. The number of carboxylic acid groups (broad SMARTS) is 3. The number of aliphatic carboxylic acids is 3. The normalized spacial score (nSPS) is 16.5. The first-order chi connectivity index (χ1) is 55.7. The lowest BCUT2D eigenvalue weighted by Gasteiger charge is -2.50. The molecular formula is C72H93BF3I2N19O19S4-. The number of thioether (sulfide) groups is 2. The number of anilines is 5. The second kappa shape index (κ2) is 46.8. The summed E-state index contributed by atoms with van der Waals surface area (Å²) in [5, 5.41) is 48.2. The summed E-state index contributed by atoms with van der Waals surface area (Å²) in [6.07, 6.45) is 7.08. The van der Waals surface area contributed by atoms with Crippen molar-refractivity contribution >= 4 is 196 Å². The summed E-state index contributed by atoms with van der Waals surface area (Å²) in [4.78, 5) is 157. The first-order valence-electron chi connectivity index (χ1n) is 35.5. The molecule has 2 saturated heterocycles. The molecule has 4 atom stereocenters. The molecule has 0 aliphatic carbocycles. The zero-order valence-electron chi connectivity index (χ0n) is 67.7. The Morgan fingerprint density at radius 3 is 1.76 bits per heavy atom. The summed E-state index contributed by atoms with van der Waals surface area (Å²) < 4.78 is 63.5. The van der Waals surface area contributed by atoms with Gasteiger partial charge in [-0.05, 0) is 128 Å². The van der Waals surface area contributed by atoms with E-state index in [1.807, 2.05) is 44.9 Å². The number of carbonyl (C=O) groups excluding carboxylic acids is 9. The quantitative estimate of drug-likeness (QED) is 0.00261. The number of ketones is 2. The van der Waals surface area contributed by atoms with Crippen molar-refractivity contribution in [3.05, 3.63) is 126 Å². The van der Waals surface area contributed by atoms with E-state index in [9.17, 15) is 66.5 Å². The number of benzene rings is 1. The number of nitrogen functional groups attached to an aromatic ring is 3. The molecule has 8 heterocycles. The highest BCUT2D eigenvalue weighted by Crippen LogP contribution is 2.47. The number of alkyl halides is 4. The molecule has 38 nitrogen and oxygen atoms in total. The molecule has 120 heavy (non-hydrogen) atoms. The summed E-state index contributed by atoms with van der Waals surface area (Å²) in [7, 11) is 1.57. The van der Waals surface area contributed by atoms with Gasteiger partial charge in [-0.3, -0.25) is 29.0 Å². The van der Waals surface area contributed by atoms with Crippen molar-refractivity contribution in [3.63, 3.8) is 0 Å². The number of halogens is 5. The van der Waals surface area contributed by atoms with Crippen molar-refractivity contribution in [2.24, 2.45) is 22.1 Å². The van der Waals surface area contributed by atoms with E-state index in [4.69, 9.17) is 55.7 Å². The Kier molecular flexibility index (Phi) is 39.9. The fraction of sp³-hybridized carbons (Fsp3) is 0.458. The zero-order valence-corrected chi connectivity index (χ0v) is 75.3. The number of rotatable bonds is 31. The number of quaternary nitrogens is 1. The molecule has 1 radical (unpaired) electrons. The number of carboxylic acids is 3. The van der Waals surface area contributed by atoms with Gasteiger partial charge in [0.15, 0.2) is 39.1 Å². The maximum absolute atomic E-state index is 13.7. The van der Waals surface area contributed by atoms with Crippen LogP contribution in [0.25, 0.3) is 0 Å². The van der Waals surface area contributed by atoms with Crippen LogP contribution < -0.4 is 58.4 Å². The Hall–Kier alpha value is -9.93. The van der Waals surface area contributed by atoms with Crippen molar-refractivity contribution in [2.45, 2.75) is 148 Å². The van der Waals surface area contributed by atoms with Crippen LogP contribution in [0.2, 0.25) is 6.82 Å². The first kappa shape index (κ1) is 102. The number of amides is 3. The van der Waals surface area contributed by atoms with Crippen LogP contribution in [0.15, 0.2) is 106 Å². The number of allylic oxidation sites excluding steroid dienone is 4. The highest BCUT2D eigenvalue weighted by Gasteiger charge is 2.55. The molecule has 3 amide bonds. The Morgan fingerprint density at radius 2 is 1.27 bits per heavy atom. The average Bonchev–Trinajstić information content (AvgIpc) is 0.816. The number of nitrogens with one attached hydrogen (secondary N) is 3. The summed E-state index contributed by atoms with van der Waals surface area (Å²) in [6, 6.07) is 7.13. The Balaban J connectivity index is 0.000000381. The van der Waals surface area contributed by atoms with Crippen LogP contribution >= 0.6 is 91.6 Å². The fourth-order valence-corrected chi connectivity index (χ4v) is 13.8. The van der Waals surface area contributed by atoms with E-state index in [1.54, 1.807) is 88.2 Å². The lowest BCUT2D eigenvalue weighted by Crippen LogP contribution is -2.63. The van der Waals surface area contributed by atoms with Crippen LogP contribution in [0.3, 0.4) is 0 Å². The zero-order chi connectivity index (χ0) is 89.1. The largest absolute Gasteiger partial charge is 0.543 e. The van der Waals surface area contributed by atoms with Gasteiger partial charge in [0.1, 0.15) is 70.8 Å². The van der Waals surface area contributed by atoms with Gasteiger partial charge in [0.25, 0.3) is 12.1 Å². The minimum atomic E-state index is -5.19. The molecule has 4 aromatic heterocycles. The maximum atomic E-state index is 13.7. The molecule has 5 aromatic rings. The van der Waals surface area contributed by atoms with Crippen molar-refractivity contribution in [1.82, 2.24) is 48.8 Å². The highest BCUT2D eigenvalue weighted by molar-refractivity contribution is 14.1. The second-order valence-electron chi connectivity index (χ2n) is 28.0. The Bertz CT molecular complexity index is 4660. The summed E-state index contributed by atoms with van der Waals surface area (Å²) >= 11 is 8.98. The molecular weight excluding hydrogens is 1880 g/mol. The Labute approximate surface area is 733 Å². The number of esters is 2. The first-order valence-corrected chi connectivity index (χ1v) is 42.0. The van der Waals surface area contributed by atoms with E-state index in [0.717, 1.165) is 33.5 Å². The monoisotopic (exact) mass is 1980 g/mol. The molecule has 653 valence electrons. The van der Waals surface area contributed by atoms with Crippen LogP contribution in [-0.2, 0) is 80.2 Å². The predicted octanol–water partition coefficient (Wildman–Crippen LogP) is 4.38. The summed E-state index contributed by atoms with van der Waals surface area (Å²) in [6.45, 7) is 22.3. The van der Waals surface area contributed by atoms with E-state index in [1.165, 1.54) is 68.8 Å². The number of aryl methyl sites for hydroxylation is 1. The summed E-state index contributed by atoms with van der Waals surface area (Å²) in [5.74, 6) is -9.07. The number of hydrogen-bond donors (Lipinski definition) is 8. The molecule has 9 rings (SSSR count). The minimum Gasteiger partial charge on any atom is -0.543 e. The molecule has 2 fully saturated rings. The van der Waals surface area contributed by atoms with Crippen molar-refractivity contribution in [2.75, 3.05) is 77.1 Å². The molecule has 0 bridgehead atoms. The number of β-lactam (4-membered cyclic amide) rings is 2. The van der Waals surface area contributed by atoms with Gasteiger partial charge < -0.3 is 99.8 Å². The molecule has 0 saturated carbocycles. The van der Waals surface area contributed by atoms with Gasteiger partial charge in [0, 0.05) is 53.4 Å². The number of carbonyl (C=O) groups is 10. The van der Waals surface area contributed by atoms with Gasteiger partial charge in [-0.1, -0.05) is 70.1 Å². The number of nitrogens with zero attached hydrogens (tertiary/aromatic N) is 12. The van der Waals surface area contributed by atoms with Crippen molar-refractivity contribution < 1.29 is 115 Å². The number of ether oxygens (including phenoxy) is 4. The second-order valence-corrected chi connectivity index (χ2v) is 34.1. The fourth-order valence-electron chi connectivity index (χ4n) is 9.86. The molecule has 0 spiro atoms. The lowest BCUT2D eigenvalue weighted by molar-refractivity contribution is -0.689. The Morgan fingerprint density at radius 1 is 0.758 bits per heavy atom. The van der Waals surface area contributed by atoms with E-state index in [-0.39, 0.29) is 72.4 Å². The number of Topliss-reactive ketones (excluding diaryl/α,β-unsaturated/α-hetero) is 2.